The Balaban J connectivity index is 2.00. The molecule has 1 aliphatic rings. The van der Waals surface area contributed by atoms with Crippen molar-refractivity contribution < 1.29 is 14.7 Å². The average Bonchev–Trinajstić information content (AvgIpc) is 2.33. The van der Waals surface area contributed by atoms with Crippen molar-refractivity contribution in [3.63, 3.8) is 0 Å². The average molecular weight is 296 g/mol. The van der Waals surface area contributed by atoms with Gasteiger partial charge in [-0.05, 0) is 37.0 Å². The van der Waals surface area contributed by atoms with Gasteiger partial charge in [0.05, 0.1) is 5.41 Å². The summed E-state index contributed by atoms with van der Waals surface area (Å²) >= 11 is 6.00. The van der Waals surface area contributed by atoms with E-state index in [1.807, 2.05) is 18.2 Å². The fourth-order valence-corrected chi connectivity index (χ4v) is 2.76. The summed E-state index contributed by atoms with van der Waals surface area (Å²) < 4.78 is 0. The van der Waals surface area contributed by atoms with Gasteiger partial charge in [-0.15, -0.1) is 0 Å². The molecule has 0 aliphatic heterocycles. The van der Waals surface area contributed by atoms with Crippen molar-refractivity contribution in [1.29, 1.82) is 0 Å². The molecule has 0 aromatic heterocycles. The number of hydrogen-bond acceptors (Lipinski definition) is 2. The molecule has 0 spiro atoms. The highest BCUT2D eigenvalue weighted by molar-refractivity contribution is 6.30. The number of carbonyl (C=O) groups is 2. The zero-order valence-electron chi connectivity index (χ0n) is 11.2. The van der Waals surface area contributed by atoms with Crippen LogP contribution in [0.3, 0.4) is 0 Å². The lowest BCUT2D eigenvalue weighted by atomic mass is 9.64. The first kappa shape index (κ1) is 14.9. The van der Waals surface area contributed by atoms with Gasteiger partial charge in [-0.3, -0.25) is 9.59 Å². The number of carboxylic acid groups (broad SMARTS) is 1. The summed E-state index contributed by atoms with van der Waals surface area (Å²) in [6, 6.07) is 7.43. The maximum atomic E-state index is 12.4. The first-order valence-corrected chi connectivity index (χ1v) is 7.18. The number of aliphatic carboxylic acids is 1. The largest absolute Gasteiger partial charge is 0.481 e. The molecule has 0 unspecified atom stereocenters. The maximum absolute atomic E-state index is 12.4. The summed E-state index contributed by atoms with van der Waals surface area (Å²) in [5.41, 5.74) is 0.473. The second kappa shape index (κ2) is 6.27. The van der Waals surface area contributed by atoms with Crippen molar-refractivity contribution in [2.75, 3.05) is 6.54 Å². The van der Waals surface area contributed by atoms with Crippen molar-refractivity contribution >= 4 is 23.5 Å². The summed E-state index contributed by atoms with van der Waals surface area (Å²) in [5.74, 6) is -0.858. The molecule has 0 saturated heterocycles. The summed E-state index contributed by atoms with van der Waals surface area (Å²) in [4.78, 5) is 22.8. The molecule has 0 bridgehead atoms. The molecule has 1 saturated carbocycles. The number of carboxylic acids is 1. The van der Waals surface area contributed by atoms with E-state index in [1.54, 1.807) is 6.07 Å². The highest BCUT2D eigenvalue weighted by Crippen LogP contribution is 2.44. The number of hydrogen-bond donors (Lipinski definition) is 2. The zero-order valence-corrected chi connectivity index (χ0v) is 11.9. The first-order chi connectivity index (χ1) is 9.54. The topological polar surface area (TPSA) is 66.4 Å². The predicted octanol–water partition coefficient (Wildman–Crippen LogP) is 2.74. The van der Waals surface area contributed by atoms with E-state index in [0.29, 0.717) is 18.0 Å². The third-order valence-electron chi connectivity index (χ3n) is 3.87. The summed E-state index contributed by atoms with van der Waals surface area (Å²) in [6.45, 7) is 0.396. The van der Waals surface area contributed by atoms with Gasteiger partial charge in [0, 0.05) is 18.0 Å². The minimum Gasteiger partial charge on any atom is -0.481 e. The quantitative estimate of drug-likeness (QED) is 0.793. The summed E-state index contributed by atoms with van der Waals surface area (Å²) in [5, 5.41) is 12.1. The Hall–Kier alpha value is -1.55. The standard InChI is InChI=1S/C15H18ClNO3/c16-12-5-1-4-11(10-12)15(7-3-8-15)14(20)17-9-2-6-13(18)19/h1,4-5,10H,2-3,6-9H2,(H,17,20)(H,18,19). The van der Waals surface area contributed by atoms with Gasteiger partial charge in [0.15, 0.2) is 0 Å². The minimum atomic E-state index is -0.840. The summed E-state index contributed by atoms with van der Waals surface area (Å²) in [6.07, 6.45) is 3.18. The highest BCUT2D eigenvalue weighted by Gasteiger charge is 2.45. The minimum absolute atomic E-state index is 0.0172. The van der Waals surface area contributed by atoms with E-state index in [9.17, 15) is 9.59 Å². The van der Waals surface area contributed by atoms with Crippen LogP contribution in [0.2, 0.25) is 5.02 Å². The number of rotatable bonds is 6. The molecular formula is C15H18ClNO3. The lowest BCUT2D eigenvalue weighted by Gasteiger charge is -2.40. The second-order valence-electron chi connectivity index (χ2n) is 5.20. The fraction of sp³-hybridized carbons (Fsp3) is 0.467. The number of benzene rings is 1. The van der Waals surface area contributed by atoms with Crippen molar-refractivity contribution in [1.82, 2.24) is 5.32 Å². The van der Waals surface area contributed by atoms with Crippen molar-refractivity contribution in [2.45, 2.75) is 37.5 Å². The molecule has 1 amide bonds. The monoisotopic (exact) mass is 295 g/mol. The molecule has 1 aliphatic carbocycles. The van der Waals surface area contributed by atoms with Crippen molar-refractivity contribution in [2.24, 2.45) is 0 Å². The molecule has 0 heterocycles. The number of amides is 1. The van der Waals surface area contributed by atoms with E-state index >= 15 is 0 Å². The van der Waals surface area contributed by atoms with E-state index in [0.717, 1.165) is 24.8 Å². The number of carbonyl (C=O) groups excluding carboxylic acids is 1. The van der Waals surface area contributed by atoms with Gasteiger partial charge in [-0.25, -0.2) is 0 Å². The first-order valence-electron chi connectivity index (χ1n) is 6.81. The molecule has 1 fully saturated rings. The predicted molar refractivity (Wildman–Crippen MR) is 76.9 cm³/mol. The van der Waals surface area contributed by atoms with Crippen molar-refractivity contribution in [3.8, 4) is 0 Å². The molecule has 20 heavy (non-hydrogen) atoms. The van der Waals surface area contributed by atoms with Gasteiger partial charge < -0.3 is 10.4 Å². The molecule has 5 heteroatoms. The van der Waals surface area contributed by atoms with Crippen LogP contribution < -0.4 is 5.32 Å². The zero-order chi connectivity index (χ0) is 14.6. The van der Waals surface area contributed by atoms with Crippen LogP contribution in [0.25, 0.3) is 0 Å². The van der Waals surface area contributed by atoms with E-state index < -0.39 is 11.4 Å². The van der Waals surface area contributed by atoms with Gasteiger partial charge in [0.25, 0.3) is 0 Å². The van der Waals surface area contributed by atoms with Crippen LogP contribution in [-0.2, 0) is 15.0 Å². The SMILES string of the molecule is O=C(O)CCCNC(=O)C1(c2cccc(Cl)c2)CCC1. The Morgan fingerprint density at radius 2 is 2.10 bits per heavy atom. The Morgan fingerprint density at radius 3 is 2.65 bits per heavy atom. The fourth-order valence-electron chi connectivity index (χ4n) is 2.57. The van der Waals surface area contributed by atoms with Gasteiger partial charge in [-0.1, -0.05) is 30.2 Å². The molecule has 0 radical (unpaired) electrons. The Kier molecular flexibility index (Phi) is 4.65. The molecule has 108 valence electrons. The van der Waals surface area contributed by atoms with Crippen LogP contribution in [0.4, 0.5) is 0 Å². The molecule has 0 atom stereocenters. The third kappa shape index (κ3) is 3.12. The highest BCUT2D eigenvalue weighted by atomic mass is 35.5. The molecular weight excluding hydrogens is 278 g/mol. The Bertz CT molecular complexity index is 512. The van der Waals surface area contributed by atoms with E-state index in [-0.39, 0.29) is 12.3 Å². The summed E-state index contributed by atoms with van der Waals surface area (Å²) in [7, 11) is 0. The van der Waals surface area contributed by atoms with E-state index in [2.05, 4.69) is 5.32 Å². The number of nitrogens with one attached hydrogen (secondary N) is 1. The molecule has 4 nitrogen and oxygen atoms in total. The molecule has 1 aromatic rings. The van der Waals surface area contributed by atoms with E-state index in [1.165, 1.54) is 0 Å². The molecule has 2 rings (SSSR count). The van der Waals surface area contributed by atoms with Crippen molar-refractivity contribution in [3.05, 3.63) is 34.9 Å². The molecule has 2 N–H and O–H groups in total. The lowest BCUT2D eigenvalue weighted by Crippen LogP contribution is -2.49. The van der Waals surface area contributed by atoms with E-state index in [4.69, 9.17) is 16.7 Å². The van der Waals surface area contributed by atoms with Crippen LogP contribution in [0, 0.1) is 0 Å². The van der Waals surface area contributed by atoms with Gasteiger partial charge in [0.1, 0.15) is 0 Å². The number of halogens is 1. The van der Waals surface area contributed by atoms with Crippen LogP contribution in [0.1, 0.15) is 37.7 Å². The van der Waals surface area contributed by atoms with Crippen LogP contribution in [-0.4, -0.2) is 23.5 Å². The second-order valence-corrected chi connectivity index (χ2v) is 5.64. The Morgan fingerprint density at radius 1 is 1.35 bits per heavy atom. The van der Waals surface area contributed by atoms with Gasteiger partial charge >= 0.3 is 5.97 Å². The Labute approximate surface area is 123 Å². The van der Waals surface area contributed by atoms with Gasteiger partial charge in [-0.2, -0.15) is 0 Å². The lowest BCUT2D eigenvalue weighted by molar-refractivity contribution is -0.137. The molecule has 1 aromatic carbocycles. The van der Waals surface area contributed by atoms with Gasteiger partial charge in [0.2, 0.25) is 5.91 Å². The third-order valence-corrected chi connectivity index (χ3v) is 4.11. The maximum Gasteiger partial charge on any atom is 0.303 e. The van der Waals surface area contributed by atoms with Crippen LogP contribution in [0.5, 0.6) is 0 Å². The smallest absolute Gasteiger partial charge is 0.303 e. The normalized spacial score (nSPS) is 16.2. The van der Waals surface area contributed by atoms with Crippen LogP contribution in [0.15, 0.2) is 24.3 Å². The van der Waals surface area contributed by atoms with Crippen LogP contribution >= 0.6 is 11.6 Å².